The summed E-state index contributed by atoms with van der Waals surface area (Å²) in [5.74, 6) is -2.62. The number of fused-ring (bicyclic) bond motifs is 1. The minimum Gasteiger partial charge on any atom is -0.478 e. The Morgan fingerprint density at radius 2 is 1.81 bits per heavy atom. The highest BCUT2D eigenvalue weighted by Gasteiger charge is 2.41. The Kier molecular flexibility index (Phi) is 6.62. The van der Waals surface area contributed by atoms with Gasteiger partial charge in [-0.15, -0.1) is 0 Å². The van der Waals surface area contributed by atoms with E-state index < -0.39 is 35.7 Å². The number of carboxylic acids is 1. The Bertz CT molecular complexity index is 1430. The van der Waals surface area contributed by atoms with Crippen LogP contribution in [0.4, 0.5) is 10.1 Å². The minimum absolute atomic E-state index is 0.0270. The van der Waals surface area contributed by atoms with Crippen molar-refractivity contribution in [3.8, 4) is 0 Å². The highest BCUT2D eigenvalue weighted by atomic mass is 35.5. The van der Waals surface area contributed by atoms with Crippen molar-refractivity contribution >= 4 is 40.8 Å². The van der Waals surface area contributed by atoms with Gasteiger partial charge in [-0.3, -0.25) is 9.59 Å². The number of hydrogen-bond acceptors (Lipinski definition) is 5. The van der Waals surface area contributed by atoms with Gasteiger partial charge < -0.3 is 20.2 Å². The van der Waals surface area contributed by atoms with Crippen LogP contribution in [0.5, 0.6) is 0 Å². The van der Waals surface area contributed by atoms with E-state index in [0.717, 1.165) is 5.56 Å². The maximum Gasteiger partial charge on any atom is 0.335 e. The number of benzene rings is 3. The molecule has 2 heterocycles. The number of nitrogens with one attached hydrogen (secondary N) is 1. The highest BCUT2D eigenvalue weighted by molar-refractivity contribution is 6.31. The SMILES string of the molecule is O=C(O)c1ccc(NC(=O)[C@@H]2c3ccccc3CCN2C(=O)[C@H]2CC(c3cccc(Cl)c3F)=NO2)cc1. The summed E-state index contributed by atoms with van der Waals surface area (Å²) in [4.78, 5) is 45.1. The number of amides is 2. The maximum absolute atomic E-state index is 14.5. The smallest absolute Gasteiger partial charge is 0.335 e. The molecule has 3 aromatic carbocycles. The second-order valence-electron chi connectivity index (χ2n) is 8.69. The van der Waals surface area contributed by atoms with E-state index in [4.69, 9.17) is 21.5 Å². The molecule has 2 aliphatic heterocycles. The van der Waals surface area contributed by atoms with E-state index in [9.17, 15) is 18.8 Å². The van der Waals surface area contributed by atoms with Crippen molar-refractivity contribution in [1.82, 2.24) is 4.90 Å². The first-order valence-corrected chi connectivity index (χ1v) is 11.9. The number of nitrogens with zero attached hydrogens (tertiary/aromatic N) is 2. The fourth-order valence-electron chi connectivity index (χ4n) is 4.57. The lowest BCUT2D eigenvalue weighted by Crippen LogP contribution is -2.49. The molecule has 0 unspecified atom stereocenters. The van der Waals surface area contributed by atoms with Crippen molar-refractivity contribution in [2.45, 2.75) is 25.0 Å². The summed E-state index contributed by atoms with van der Waals surface area (Å²) in [7, 11) is 0. The molecule has 37 heavy (non-hydrogen) atoms. The molecule has 188 valence electrons. The summed E-state index contributed by atoms with van der Waals surface area (Å²) in [5.41, 5.74) is 2.52. The van der Waals surface area contributed by atoms with Crippen LogP contribution in [0.2, 0.25) is 5.02 Å². The van der Waals surface area contributed by atoms with E-state index in [2.05, 4.69) is 10.5 Å². The Hall–Kier alpha value is -4.24. The van der Waals surface area contributed by atoms with Crippen LogP contribution >= 0.6 is 11.6 Å². The molecule has 10 heteroatoms. The zero-order chi connectivity index (χ0) is 26.1. The van der Waals surface area contributed by atoms with Gasteiger partial charge in [0.2, 0.25) is 6.10 Å². The average molecular weight is 522 g/mol. The van der Waals surface area contributed by atoms with Gasteiger partial charge in [0.1, 0.15) is 6.04 Å². The first kappa shape index (κ1) is 24.5. The van der Waals surface area contributed by atoms with Crippen LogP contribution in [0, 0.1) is 5.82 Å². The second-order valence-corrected chi connectivity index (χ2v) is 9.10. The van der Waals surface area contributed by atoms with Gasteiger partial charge in [-0.1, -0.05) is 47.1 Å². The summed E-state index contributed by atoms with van der Waals surface area (Å²) in [6.07, 6.45) is -0.453. The summed E-state index contributed by atoms with van der Waals surface area (Å²) < 4.78 is 14.5. The van der Waals surface area contributed by atoms with Crippen molar-refractivity contribution in [2.24, 2.45) is 5.16 Å². The molecule has 0 spiro atoms. The number of rotatable bonds is 5. The lowest BCUT2D eigenvalue weighted by molar-refractivity contribution is -0.148. The molecular formula is C27H21ClFN3O5. The number of carbonyl (C=O) groups excluding carboxylic acids is 2. The molecule has 5 rings (SSSR count). The Morgan fingerprint density at radius 3 is 2.57 bits per heavy atom. The van der Waals surface area contributed by atoms with Gasteiger partial charge >= 0.3 is 5.97 Å². The molecule has 8 nitrogen and oxygen atoms in total. The van der Waals surface area contributed by atoms with E-state index >= 15 is 0 Å². The van der Waals surface area contributed by atoms with Crippen LogP contribution in [0.25, 0.3) is 0 Å². The fourth-order valence-corrected chi connectivity index (χ4v) is 4.75. The molecular weight excluding hydrogens is 501 g/mol. The molecule has 2 N–H and O–H groups in total. The number of carbonyl (C=O) groups is 3. The summed E-state index contributed by atoms with van der Waals surface area (Å²) in [5, 5.41) is 15.8. The molecule has 2 amide bonds. The molecule has 0 bridgehead atoms. The first-order chi connectivity index (χ1) is 17.8. The van der Waals surface area contributed by atoms with Crippen molar-refractivity contribution in [3.63, 3.8) is 0 Å². The van der Waals surface area contributed by atoms with Crippen molar-refractivity contribution in [2.75, 3.05) is 11.9 Å². The van der Waals surface area contributed by atoms with E-state index in [-0.39, 0.29) is 34.8 Å². The number of carboxylic acid groups (broad SMARTS) is 1. The van der Waals surface area contributed by atoms with Crippen LogP contribution < -0.4 is 5.32 Å². The molecule has 0 fully saturated rings. The van der Waals surface area contributed by atoms with Gasteiger partial charge in [0.05, 0.1) is 16.3 Å². The minimum atomic E-state index is -1.08. The lowest BCUT2D eigenvalue weighted by Gasteiger charge is -2.37. The quantitative estimate of drug-likeness (QED) is 0.516. The Morgan fingerprint density at radius 1 is 1.05 bits per heavy atom. The third kappa shape index (κ3) is 4.77. The van der Waals surface area contributed by atoms with Gasteiger partial charge in [-0.25, -0.2) is 9.18 Å². The normalized spacial score (nSPS) is 18.4. The number of oxime groups is 1. The average Bonchev–Trinajstić information content (AvgIpc) is 3.39. The van der Waals surface area contributed by atoms with Gasteiger partial charge in [0, 0.05) is 24.2 Å². The van der Waals surface area contributed by atoms with Gasteiger partial charge in [-0.2, -0.15) is 0 Å². The predicted molar refractivity (Wildman–Crippen MR) is 134 cm³/mol. The topological polar surface area (TPSA) is 108 Å². The van der Waals surface area contributed by atoms with E-state index in [1.807, 2.05) is 12.1 Å². The standard InChI is InChI=1S/C27H21ClFN3O5/c28-20-7-3-6-19(23(20)29)21-14-22(37-31-21)26(34)32-13-12-15-4-1-2-5-18(15)24(32)25(33)30-17-10-8-16(9-11-17)27(35)36/h1-11,22,24H,12-14H2,(H,30,33)(H,35,36)/t22-,24+/m1/s1. The molecule has 2 atom stereocenters. The van der Waals surface area contributed by atoms with Crippen LogP contribution in [-0.2, 0) is 20.8 Å². The Labute approximate surface area is 216 Å². The molecule has 0 aliphatic carbocycles. The molecule has 0 aromatic heterocycles. The molecule has 3 aromatic rings. The fraction of sp³-hybridized carbons (Fsp3) is 0.185. The van der Waals surface area contributed by atoms with Crippen LogP contribution in [0.15, 0.2) is 71.9 Å². The predicted octanol–water partition coefficient (Wildman–Crippen LogP) is 4.44. The third-order valence-corrected chi connectivity index (χ3v) is 6.71. The van der Waals surface area contributed by atoms with E-state index in [0.29, 0.717) is 17.7 Å². The van der Waals surface area contributed by atoms with Crippen LogP contribution in [0.3, 0.4) is 0 Å². The summed E-state index contributed by atoms with van der Waals surface area (Å²) in [6.45, 7) is 0.270. The highest BCUT2D eigenvalue weighted by Crippen LogP contribution is 2.33. The zero-order valence-electron chi connectivity index (χ0n) is 19.4. The largest absolute Gasteiger partial charge is 0.478 e. The van der Waals surface area contributed by atoms with Gasteiger partial charge in [-0.05, 0) is 53.9 Å². The number of halogens is 2. The molecule has 0 saturated carbocycles. The zero-order valence-corrected chi connectivity index (χ0v) is 20.1. The second kappa shape index (κ2) is 10.0. The molecule has 0 radical (unpaired) electrons. The first-order valence-electron chi connectivity index (χ1n) is 11.5. The molecule has 0 saturated heterocycles. The lowest BCUT2D eigenvalue weighted by atomic mass is 9.91. The van der Waals surface area contributed by atoms with Crippen LogP contribution in [-0.4, -0.2) is 46.2 Å². The van der Waals surface area contributed by atoms with E-state index in [1.54, 1.807) is 18.2 Å². The van der Waals surface area contributed by atoms with Crippen molar-refractivity contribution in [1.29, 1.82) is 0 Å². The number of aromatic carboxylic acids is 1. The van der Waals surface area contributed by atoms with E-state index in [1.165, 1.54) is 41.3 Å². The third-order valence-electron chi connectivity index (χ3n) is 6.42. The van der Waals surface area contributed by atoms with Crippen molar-refractivity contribution < 1.29 is 28.7 Å². The monoisotopic (exact) mass is 521 g/mol. The van der Waals surface area contributed by atoms with Gasteiger partial charge in [0.15, 0.2) is 5.82 Å². The summed E-state index contributed by atoms with van der Waals surface area (Å²) >= 11 is 5.89. The van der Waals surface area contributed by atoms with Crippen molar-refractivity contribution in [3.05, 3.63) is 99.8 Å². The number of anilines is 1. The number of hydrogen-bond donors (Lipinski definition) is 2. The Balaban J connectivity index is 1.38. The summed E-state index contributed by atoms with van der Waals surface area (Å²) in [6, 6.07) is 16.7. The molecule has 2 aliphatic rings. The van der Waals surface area contributed by atoms with Gasteiger partial charge in [0.25, 0.3) is 11.8 Å². The maximum atomic E-state index is 14.5. The van der Waals surface area contributed by atoms with Crippen LogP contribution in [0.1, 0.15) is 39.5 Å².